The molecular formula is C19H22N2O. The van der Waals surface area contributed by atoms with Crippen LogP contribution in [0.1, 0.15) is 32.6 Å². The SMILES string of the molecule is [CH]c1cc(C(=O)Nc2cc(C)cc(CN(C)C)c2)ccc1C. The van der Waals surface area contributed by atoms with Crippen LogP contribution in [0.3, 0.4) is 0 Å². The summed E-state index contributed by atoms with van der Waals surface area (Å²) in [5, 5.41) is 2.95. The molecule has 0 aliphatic heterocycles. The lowest BCUT2D eigenvalue weighted by Gasteiger charge is -2.13. The molecule has 3 heteroatoms. The highest BCUT2D eigenvalue weighted by Crippen LogP contribution is 2.17. The van der Waals surface area contributed by atoms with E-state index in [0.29, 0.717) is 11.1 Å². The molecule has 2 radical (unpaired) electrons. The van der Waals surface area contributed by atoms with E-state index in [0.717, 1.165) is 23.4 Å². The highest BCUT2D eigenvalue weighted by atomic mass is 16.1. The third-order valence-electron chi connectivity index (χ3n) is 3.44. The van der Waals surface area contributed by atoms with Crippen molar-refractivity contribution < 1.29 is 4.79 Å². The Morgan fingerprint density at radius 3 is 2.50 bits per heavy atom. The average molecular weight is 294 g/mol. The van der Waals surface area contributed by atoms with Gasteiger partial charge in [0.15, 0.2) is 0 Å². The second-order valence-corrected chi connectivity index (χ2v) is 5.97. The molecule has 2 aromatic carbocycles. The summed E-state index contributed by atoms with van der Waals surface area (Å²) in [4.78, 5) is 14.4. The van der Waals surface area contributed by atoms with Gasteiger partial charge >= 0.3 is 0 Å². The molecule has 2 rings (SSSR count). The number of nitrogens with zero attached hydrogens (tertiary/aromatic N) is 1. The summed E-state index contributed by atoms with van der Waals surface area (Å²) >= 11 is 0. The minimum absolute atomic E-state index is 0.145. The van der Waals surface area contributed by atoms with E-state index in [1.807, 2.05) is 46.1 Å². The van der Waals surface area contributed by atoms with Gasteiger partial charge in [0.2, 0.25) is 0 Å². The summed E-state index contributed by atoms with van der Waals surface area (Å²) in [6.45, 7) is 10.7. The van der Waals surface area contributed by atoms with Crippen molar-refractivity contribution in [3.8, 4) is 0 Å². The maximum atomic E-state index is 12.3. The number of nitrogens with one attached hydrogen (secondary N) is 1. The van der Waals surface area contributed by atoms with Crippen molar-refractivity contribution in [2.24, 2.45) is 0 Å². The van der Waals surface area contributed by atoms with Gasteiger partial charge in [-0.3, -0.25) is 4.79 Å². The molecule has 0 heterocycles. The molecule has 0 aliphatic rings. The molecule has 0 saturated heterocycles. The lowest BCUT2D eigenvalue weighted by molar-refractivity contribution is 0.102. The second-order valence-electron chi connectivity index (χ2n) is 5.97. The van der Waals surface area contributed by atoms with E-state index in [9.17, 15) is 4.79 Å². The molecule has 0 aliphatic carbocycles. The molecule has 0 aromatic heterocycles. The zero-order valence-corrected chi connectivity index (χ0v) is 13.6. The Morgan fingerprint density at radius 1 is 1.14 bits per heavy atom. The molecule has 0 unspecified atom stereocenters. The van der Waals surface area contributed by atoms with Crippen LogP contribution in [0.2, 0.25) is 0 Å². The average Bonchev–Trinajstić information content (AvgIpc) is 2.40. The maximum absolute atomic E-state index is 12.3. The number of carbonyl (C=O) groups excluding carboxylic acids is 1. The molecule has 0 saturated carbocycles. The van der Waals surface area contributed by atoms with Gasteiger partial charge in [0.1, 0.15) is 0 Å². The van der Waals surface area contributed by atoms with E-state index in [1.165, 1.54) is 5.56 Å². The van der Waals surface area contributed by atoms with E-state index >= 15 is 0 Å². The van der Waals surface area contributed by atoms with E-state index < -0.39 is 0 Å². The van der Waals surface area contributed by atoms with Gasteiger partial charge in [0.25, 0.3) is 5.91 Å². The zero-order chi connectivity index (χ0) is 16.3. The number of anilines is 1. The normalized spacial score (nSPS) is 10.8. The number of benzene rings is 2. The smallest absolute Gasteiger partial charge is 0.255 e. The predicted molar refractivity (Wildman–Crippen MR) is 91.1 cm³/mol. The van der Waals surface area contributed by atoms with Crippen LogP contribution in [0, 0.1) is 20.8 Å². The molecular weight excluding hydrogens is 272 g/mol. The van der Waals surface area contributed by atoms with Crippen molar-refractivity contribution in [1.29, 1.82) is 0 Å². The Hall–Kier alpha value is -2.13. The van der Waals surface area contributed by atoms with Gasteiger partial charge in [0.05, 0.1) is 0 Å². The van der Waals surface area contributed by atoms with Gasteiger partial charge in [-0.2, -0.15) is 0 Å². The number of hydrogen-bond donors (Lipinski definition) is 1. The van der Waals surface area contributed by atoms with E-state index in [4.69, 9.17) is 6.92 Å². The Balaban J connectivity index is 2.20. The zero-order valence-electron chi connectivity index (χ0n) is 13.6. The van der Waals surface area contributed by atoms with Gasteiger partial charge in [-0.15, -0.1) is 0 Å². The molecule has 0 fully saturated rings. The van der Waals surface area contributed by atoms with Crippen LogP contribution in [-0.2, 0) is 6.54 Å². The predicted octanol–water partition coefficient (Wildman–Crippen LogP) is 3.68. The third kappa shape index (κ3) is 4.18. The van der Waals surface area contributed by atoms with Crippen LogP contribution in [0.15, 0.2) is 36.4 Å². The number of rotatable bonds is 4. The third-order valence-corrected chi connectivity index (χ3v) is 3.44. The molecule has 22 heavy (non-hydrogen) atoms. The van der Waals surface area contributed by atoms with E-state index in [2.05, 4.69) is 16.3 Å². The summed E-state index contributed by atoms with van der Waals surface area (Å²) in [5.74, 6) is -0.145. The van der Waals surface area contributed by atoms with Gasteiger partial charge < -0.3 is 10.2 Å². The Morgan fingerprint density at radius 2 is 1.86 bits per heavy atom. The van der Waals surface area contributed by atoms with Crippen molar-refractivity contribution in [3.05, 3.63) is 71.1 Å². The van der Waals surface area contributed by atoms with Crippen LogP contribution in [0.5, 0.6) is 0 Å². The minimum Gasteiger partial charge on any atom is -0.322 e. The largest absolute Gasteiger partial charge is 0.322 e. The molecule has 114 valence electrons. The topological polar surface area (TPSA) is 32.3 Å². The van der Waals surface area contributed by atoms with Crippen molar-refractivity contribution in [2.75, 3.05) is 19.4 Å². The standard InChI is InChI=1S/C19H22N2O/c1-13-8-16(12-21(4)5)11-18(9-13)20-19(22)17-7-6-14(2)15(3)10-17/h3,6-11H,12H2,1-2,4-5H3,(H,20,22). The Bertz CT molecular complexity index is 690. The maximum Gasteiger partial charge on any atom is 0.255 e. The van der Waals surface area contributed by atoms with Crippen LogP contribution >= 0.6 is 0 Å². The minimum atomic E-state index is -0.145. The fourth-order valence-electron chi connectivity index (χ4n) is 2.38. The number of carbonyl (C=O) groups is 1. The number of amides is 1. The fraction of sp³-hybridized carbons (Fsp3) is 0.263. The van der Waals surface area contributed by atoms with E-state index in [1.54, 1.807) is 12.1 Å². The molecule has 1 N–H and O–H groups in total. The van der Waals surface area contributed by atoms with Crippen molar-refractivity contribution in [1.82, 2.24) is 4.90 Å². The fourth-order valence-corrected chi connectivity index (χ4v) is 2.38. The van der Waals surface area contributed by atoms with Gasteiger partial charge in [-0.05, 0) is 81.4 Å². The molecule has 0 bridgehead atoms. The first kappa shape index (κ1) is 16.2. The summed E-state index contributed by atoms with van der Waals surface area (Å²) in [5.41, 5.74) is 5.27. The highest BCUT2D eigenvalue weighted by molar-refractivity contribution is 6.04. The number of aryl methyl sites for hydroxylation is 2. The second kappa shape index (κ2) is 6.75. The monoisotopic (exact) mass is 294 g/mol. The lowest BCUT2D eigenvalue weighted by atomic mass is 10.1. The van der Waals surface area contributed by atoms with Crippen LogP contribution in [0.4, 0.5) is 5.69 Å². The van der Waals surface area contributed by atoms with Crippen LogP contribution in [-0.4, -0.2) is 24.9 Å². The Kier molecular flexibility index (Phi) is 4.99. The quantitative estimate of drug-likeness (QED) is 0.933. The van der Waals surface area contributed by atoms with Crippen molar-refractivity contribution in [3.63, 3.8) is 0 Å². The first-order valence-electron chi connectivity index (χ1n) is 7.28. The molecule has 1 amide bonds. The first-order valence-corrected chi connectivity index (χ1v) is 7.28. The molecule has 2 aromatic rings. The summed E-state index contributed by atoms with van der Waals surface area (Å²) in [7, 11) is 4.05. The molecule has 3 nitrogen and oxygen atoms in total. The summed E-state index contributed by atoms with van der Waals surface area (Å²) < 4.78 is 0. The van der Waals surface area contributed by atoms with Crippen LogP contribution < -0.4 is 5.32 Å². The van der Waals surface area contributed by atoms with Gasteiger partial charge in [0, 0.05) is 17.8 Å². The number of hydrogen-bond acceptors (Lipinski definition) is 2. The molecule has 0 atom stereocenters. The highest BCUT2D eigenvalue weighted by Gasteiger charge is 2.08. The lowest BCUT2D eigenvalue weighted by Crippen LogP contribution is -2.14. The van der Waals surface area contributed by atoms with Crippen molar-refractivity contribution >= 4 is 11.6 Å². The first-order chi connectivity index (χ1) is 10.3. The summed E-state index contributed by atoms with van der Waals surface area (Å²) in [6.07, 6.45) is 0. The van der Waals surface area contributed by atoms with Gasteiger partial charge in [-0.25, -0.2) is 0 Å². The van der Waals surface area contributed by atoms with E-state index in [-0.39, 0.29) is 5.91 Å². The Labute approximate surface area is 133 Å². The molecule has 0 spiro atoms. The van der Waals surface area contributed by atoms with Crippen molar-refractivity contribution in [2.45, 2.75) is 20.4 Å². The van der Waals surface area contributed by atoms with Gasteiger partial charge in [-0.1, -0.05) is 12.1 Å². The van der Waals surface area contributed by atoms with Crippen LogP contribution in [0.25, 0.3) is 0 Å². The summed E-state index contributed by atoms with van der Waals surface area (Å²) in [6, 6.07) is 11.5.